The lowest BCUT2D eigenvalue weighted by Gasteiger charge is -2.32. The Hall–Kier alpha value is -0.610. The van der Waals surface area contributed by atoms with Crippen LogP contribution in [0.2, 0.25) is 0 Å². The molecule has 0 radical (unpaired) electrons. The zero-order valence-corrected chi connectivity index (χ0v) is 11.2. The lowest BCUT2D eigenvalue weighted by Crippen LogP contribution is -2.55. The molecule has 3 aliphatic rings. The van der Waals surface area contributed by atoms with Crippen molar-refractivity contribution in [3.8, 4) is 0 Å². The Bertz CT molecular complexity index is 325. The third-order valence-electron chi connectivity index (χ3n) is 5.01. The lowest BCUT2D eigenvalue weighted by atomic mass is 9.96. The maximum absolute atomic E-state index is 12.6. The second kappa shape index (κ2) is 4.82. The second-order valence-corrected chi connectivity index (χ2v) is 6.30. The summed E-state index contributed by atoms with van der Waals surface area (Å²) in [6, 6.07) is 0.599. The normalized spacial score (nSPS) is 32.3. The lowest BCUT2D eigenvalue weighted by molar-refractivity contribution is -0.137. The Morgan fingerprint density at radius 1 is 1.06 bits per heavy atom. The van der Waals surface area contributed by atoms with Gasteiger partial charge in [-0.1, -0.05) is 12.8 Å². The molecule has 4 nitrogen and oxygen atoms in total. The summed E-state index contributed by atoms with van der Waals surface area (Å²) < 4.78 is 0. The highest BCUT2D eigenvalue weighted by Crippen LogP contribution is 2.30. The van der Waals surface area contributed by atoms with Crippen LogP contribution in [0.1, 0.15) is 44.9 Å². The second-order valence-electron chi connectivity index (χ2n) is 6.30. The van der Waals surface area contributed by atoms with Gasteiger partial charge in [-0.3, -0.25) is 9.69 Å². The Morgan fingerprint density at radius 2 is 1.78 bits per heavy atom. The van der Waals surface area contributed by atoms with Crippen molar-refractivity contribution in [2.24, 2.45) is 5.73 Å². The zero-order valence-electron chi connectivity index (χ0n) is 11.2. The van der Waals surface area contributed by atoms with E-state index >= 15 is 0 Å². The van der Waals surface area contributed by atoms with E-state index in [-0.39, 0.29) is 5.91 Å². The molecule has 1 saturated carbocycles. The van der Waals surface area contributed by atoms with Crippen molar-refractivity contribution >= 4 is 5.91 Å². The molecule has 1 amide bonds. The molecule has 18 heavy (non-hydrogen) atoms. The minimum absolute atomic E-state index is 0.230. The summed E-state index contributed by atoms with van der Waals surface area (Å²) >= 11 is 0. The number of amides is 1. The van der Waals surface area contributed by atoms with Crippen molar-refractivity contribution in [3.63, 3.8) is 0 Å². The Labute approximate surface area is 109 Å². The molecule has 102 valence electrons. The first kappa shape index (κ1) is 12.4. The number of nitrogens with two attached hydrogens (primary N) is 1. The molecule has 2 aliphatic heterocycles. The maximum Gasteiger partial charge on any atom is 0.242 e. The van der Waals surface area contributed by atoms with Crippen molar-refractivity contribution in [1.82, 2.24) is 9.80 Å². The summed E-state index contributed by atoms with van der Waals surface area (Å²) in [4.78, 5) is 17.3. The fourth-order valence-corrected chi connectivity index (χ4v) is 3.93. The third kappa shape index (κ3) is 2.16. The summed E-state index contributed by atoms with van der Waals surface area (Å²) in [7, 11) is 0. The third-order valence-corrected chi connectivity index (χ3v) is 5.01. The smallest absolute Gasteiger partial charge is 0.242 e. The maximum atomic E-state index is 12.6. The molecule has 2 N–H and O–H groups in total. The van der Waals surface area contributed by atoms with Crippen LogP contribution in [0, 0.1) is 0 Å². The minimum atomic E-state index is -0.534. The molecule has 0 bridgehead atoms. The largest absolute Gasteiger partial charge is 0.339 e. The molecule has 0 aromatic carbocycles. The van der Waals surface area contributed by atoms with Crippen LogP contribution in [0.25, 0.3) is 0 Å². The summed E-state index contributed by atoms with van der Waals surface area (Å²) in [6.45, 7) is 4.20. The van der Waals surface area contributed by atoms with Gasteiger partial charge in [0.25, 0.3) is 0 Å². The fourth-order valence-electron chi connectivity index (χ4n) is 3.93. The highest BCUT2D eigenvalue weighted by Gasteiger charge is 2.41. The van der Waals surface area contributed by atoms with Crippen molar-refractivity contribution in [2.75, 3.05) is 26.2 Å². The molecular weight excluding hydrogens is 226 g/mol. The van der Waals surface area contributed by atoms with Gasteiger partial charge in [0, 0.05) is 25.7 Å². The molecule has 0 aromatic heterocycles. The Balaban J connectivity index is 1.69. The molecule has 2 heterocycles. The van der Waals surface area contributed by atoms with Crippen LogP contribution in [0.5, 0.6) is 0 Å². The van der Waals surface area contributed by atoms with Gasteiger partial charge in [-0.15, -0.1) is 0 Å². The van der Waals surface area contributed by atoms with Gasteiger partial charge >= 0.3 is 0 Å². The van der Waals surface area contributed by atoms with Crippen LogP contribution in [0.15, 0.2) is 0 Å². The highest BCUT2D eigenvalue weighted by atomic mass is 16.2. The van der Waals surface area contributed by atoms with E-state index in [1.807, 2.05) is 0 Å². The number of carbonyl (C=O) groups is 1. The molecule has 0 aromatic rings. The van der Waals surface area contributed by atoms with Gasteiger partial charge < -0.3 is 10.6 Å². The van der Waals surface area contributed by atoms with Gasteiger partial charge in [0.05, 0.1) is 5.54 Å². The van der Waals surface area contributed by atoms with E-state index < -0.39 is 5.54 Å². The first-order chi connectivity index (χ1) is 8.69. The minimum Gasteiger partial charge on any atom is -0.339 e. The zero-order chi connectivity index (χ0) is 12.6. The van der Waals surface area contributed by atoms with Crippen LogP contribution >= 0.6 is 0 Å². The molecule has 1 aliphatic carbocycles. The standard InChI is InChI=1S/C14H25N3O/c15-14(6-1-2-7-14)13(18)17-10-4-9-16-8-3-5-12(16)11-17/h12H,1-11,15H2. The van der Waals surface area contributed by atoms with Crippen LogP contribution in [-0.4, -0.2) is 53.5 Å². The van der Waals surface area contributed by atoms with Gasteiger partial charge in [-0.25, -0.2) is 0 Å². The topological polar surface area (TPSA) is 49.6 Å². The van der Waals surface area contributed by atoms with Gasteiger partial charge in [-0.2, -0.15) is 0 Å². The van der Waals surface area contributed by atoms with E-state index in [9.17, 15) is 4.79 Å². The van der Waals surface area contributed by atoms with E-state index in [1.165, 1.54) is 19.4 Å². The van der Waals surface area contributed by atoms with Gasteiger partial charge in [0.2, 0.25) is 5.91 Å². The van der Waals surface area contributed by atoms with Crippen LogP contribution in [-0.2, 0) is 4.79 Å². The summed E-state index contributed by atoms with van der Waals surface area (Å²) in [5, 5.41) is 0. The van der Waals surface area contributed by atoms with Crippen molar-refractivity contribution in [1.29, 1.82) is 0 Å². The van der Waals surface area contributed by atoms with Gasteiger partial charge in [-0.05, 0) is 38.6 Å². The molecule has 0 spiro atoms. The van der Waals surface area contributed by atoms with E-state index in [0.29, 0.717) is 6.04 Å². The van der Waals surface area contributed by atoms with E-state index in [1.54, 1.807) is 0 Å². The van der Waals surface area contributed by atoms with Crippen molar-refractivity contribution in [2.45, 2.75) is 56.5 Å². The number of carbonyl (C=O) groups excluding carboxylic acids is 1. The monoisotopic (exact) mass is 251 g/mol. The van der Waals surface area contributed by atoms with E-state index in [2.05, 4.69) is 9.80 Å². The predicted octanol–water partition coefficient (Wildman–Crippen LogP) is 0.955. The van der Waals surface area contributed by atoms with E-state index in [0.717, 1.165) is 51.7 Å². The van der Waals surface area contributed by atoms with Crippen molar-refractivity contribution in [3.05, 3.63) is 0 Å². The average Bonchev–Trinajstić information content (AvgIpc) is 2.94. The summed E-state index contributed by atoms with van der Waals surface area (Å²) in [6.07, 6.45) is 7.66. The summed E-state index contributed by atoms with van der Waals surface area (Å²) in [5.41, 5.74) is 5.78. The number of hydrogen-bond donors (Lipinski definition) is 1. The van der Waals surface area contributed by atoms with Gasteiger partial charge in [0.1, 0.15) is 0 Å². The fraction of sp³-hybridized carbons (Fsp3) is 0.929. The molecular formula is C14H25N3O. The first-order valence-corrected chi connectivity index (χ1v) is 7.51. The van der Waals surface area contributed by atoms with Crippen LogP contribution in [0.3, 0.4) is 0 Å². The molecule has 2 saturated heterocycles. The Morgan fingerprint density at radius 3 is 2.56 bits per heavy atom. The van der Waals surface area contributed by atoms with Crippen molar-refractivity contribution < 1.29 is 4.79 Å². The van der Waals surface area contributed by atoms with E-state index in [4.69, 9.17) is 5.73 Å². The molecule has 1 unspecified atom stereocenters. The quantitative estimate of drug-likeness (QED) is 0.755. The summed E-state index contributed by atoms with van der Waals surface area (Å²) in [5.74, 6) is 0.230. The highest BCUT2D eigenvalue weighted by molar-refractivity contribution is 5.86. The SMILES string of the molecule is NC1(C(=O)N2CCCN3CCCC3C2)CCCC1. The first-order valence-electron chi connectivity index (χ1n) is 7.51. The molecule has 3 rings (SSSR count). The molecule has 3 fully saturated rings. The van der Waals surface area contributed by atoms with Gasteiger partial charge in [0.15, 0.2) is 0 Å². The number of fused-ring (bicyclic) bond motifs is 1. The Kier molecular flexibility index (Phi) is 3.32. The number of rotatable bonds is 1. The van der Waals surface area contributed by atoms with Crippen LogP contribution < -0.4 is 5.73 Å². The van der Waals surface area contributed by atoms with Crippen LogP contribution in [0.4, 0.5) is 0 Å². The molecule has 1 atom stereocenters. The average molecular weight is 251 g/mol. The predicted molar refractivity (Wildman–Crippen MR) is 71.2 cm³/mol. The number of nitrogens with zero attached hydrogens (tertiary/aromatic N) is 2. The number of hydrogen-bond acceptors (Lipinski definition) is 3. The molecule has 4 heteroatoms.